The molecule has 2 aromatic carbocycles. The van der Waals surface area contributed by atoms with E-state index in [0.717, 1.165) is 0 Å². The van der Waals surface area contributed by atoms with Gasteiger partial charge in [-0.25, -0.2) is 0 Å². The van der Waals surface area contributed by atoms with Crippen LogP contribution in [0.1, 0.15) is 18.5 Å². The molecule has 1 unspecified atom stereocenters. The van der Waals surface area contributed by atoms with Crippen LogP contribution in [0.15, 0.2) is 60.8 Å². The number of fused-ring (bicyclic) bond motifs is 4. The van der Waals surface area contributed by atoms with Crippen LogP contribution in [-0.2, 0) is 0 Å². The Morgan fingerprint density at radius 1 is 0.889 bits per heavy atom. The average molecular weight is 232 g/mol. The minimum Gasteiger partial charge on any atom is -0.191 e. The summed E-state index contributed by atoms with van der Waals surface area (Å²) in [6, 6.07) is 20.0. The summed E-state index contributed by atoms with van der Waals surface area (Å²) in [6.45, 7) is 2.27. The quantitative estimate of drug-likeness (QED) is 0.520. The van der Waals surface area contributed by atoms with Gasteiger partial charge in [0, 0.05) is 23.9 Å². The van der Waals surface area contributed by atoms with E-state index in [-0.39, 0.29) is 0 Å². The van der Waals surface area contributed by atoms with Gasteiger partial charge in [-0.1, -0.05) is 36.4 Å². The van der Waals surface area contributed by atoms with Gasteiger partial charge in [-0.05, 0) is 17.5 Å². The zero-order valence-electron chi connectivity index (χ0n) is 10.3. The zero-order valence-corrected chi connectivity index (χ0v) is 10.3. The molecule has 0 saturated carbocycles. The largest absolute Gasteiger partial charge is 0.214 e. The van der Waals surface area contributed by atoms with Gasteiger partial charge in [-0.2, -0.15) is 4.57 Å². The van der Waals surface area contributed by atoms with Gasteiger partial charge in [0.1, 0.15) is 0 Å². The zero-order chi connectivity index (χ0) is 12.1. The van der Waals surface area contributed by atoms with Gasteiger partial charge >= 0.3 is 0 Å². The predicted octanol–water partition coefficient (Wildman–Crippen LogP) is 3.72. The van der Waals surface area contributed by atoms with E-state index in [4.69, 9.17) is 0 Å². The highest BCUT2D eigenvalue weighted by molar-refractivity contribution is 5.84. The molecular formula is C17H14N+. The Balaban J connectivity index is 2.10. The van der Waals surface area contributed by atoms with Gasteiger partial charge < -0.3 is 0 Å². The molecule has 2 heterocycles. The van der Waals surface area contributed by atoms with Gasteiger partial charge in [0.15, 0.2) is 12.2 Å². The molecule has 0 spiro atoms. The highest BCUT2D eigenvalue weighted by Crippen LogP contribution is 2.34. The maximum atomic E-state index is 2.38. The van der Waals surface area contributed by atoms with Crippen LogP contribution < -0.4 is 4.57 Å². The van der Waals surface area contributed by atoms with Crippen molar-refractivity contribution in [3.05, 3.63) is 66.4 Å². The lowest BCUT2D eigenvalue weighted by Gasteiger charge is -2.02. The van der Waals surface area contributed by atoms with Gasteiger partial charge in [0.25, 0.3) is 0 Å². The van der Waals surface area contributed by atoms with Crippen LogP contribution in [0, 0.1) is 0 Å². The van der Waals surface area contributed by atoms with Crippen LogP contribution in [0.2, 0.25) is 0 Å². The summed E-state index contributed by atoms with van der Waals surface area (Å²) in [7, 11) is 0. The fraction of sp³-hybridized carbons (Fsp3) is 0.118. The van der Waals surface area contributed by atoms with E-state index in [0.29, 0.717) is 6.04 Å². The molecule has 0 saturated heterocycles. The molecule has 4 rings (SSSR count). The van der Waals surface area contributed by atoms with Crippen molar-refractivity contribution in [2.24, 2.45) is 0 Å². The van der Waals surface area contributed by atoms with Crippen LogP contribution >= 0.6 is 0 Å². The molecule has 0 amide bonds. The van der Waals surface area contributed by atoms with Crippen molar-refractivity contribution in [3.63, 3.8) is 0 Å². The molecule has 1 nitrogen and oxygen atoms in total. The SMILES string of the molecule is CC1c2ccccc2-c2cc3ccccc3c[n+]21. The second kappa shape index (κ2) is 3.42. The Labute approximate surface area is 106 Å². The summed E-state index contributed by atoms with van der Waals surface area (Å²) in [5.74, 6) is 0. The lowest BCUT2D eigenvalue weighted by atomic mass is 10.0. The minimum atomic E-state index is 0.431. The van der Waals surface area contributed by atoms with Crippen molar-refractivity contribution in [2.45, 2.75) is 13.0 Å². The van der Waals surface area contributed by atoms with Gasteiger partial charge in [0.2, 0.25) is 5.69 Å². The summed E-state index contributed by atoms with van der Waals surface area (Å²) in [6.07, 6.45) is 2.27. The lowest BCUT2D eigenvalue weighted by molar-refractivity contribution is -0.693. The molecular weight excluding hydrogens is 218 g/mol. The molecule has 3 aromatic rings. The van der Waals surface area contributed by atoms with E-state index in [9.17, 15) is 0 Å². The normalized spacial score (nSPS) is 16.6. The molecule has 1 heteroatoms. The second-order valence-electron chi connectivity index (χ2n) is 4.96. The lowest BCUT2D eigenvalue weighted by Crippen LogP contribution is -2.35. The van der Waals surface area contributed by atoms with Crippen LogP contribution in [0.3, 0.4) is 0 Å². The van der Waals surface area contributed by atoms with Crippen molar-refractivity contribution in [2.75, 3.05) is 0 Å². The van der Waals surface area contributed by atoms with Crippen molar-refractivity contribution in [1.29, 1.82) is 0 Å². The first kappa shape index (κ1) is 9.84. The Morgan fingerprint density at radius 2 is 1.61 bits per heavy atom. The molecule has 86 valence electrons. The van der Waals surface area contributed by atoms with Gasteiger partial charge in [-0.3, -0.25) is 0 Å². The van der Waals surface area contributed by atoms with Crippen molar-refractivity contribution in [3.8, 4) is 11.3 Å². The first-order chi connectivity index (χ1) is 8.84. The highest BCUT2D eigenvalue weighted by Gasteiger charge is 2.32. The molecule has 1 aromatic heterocycles. The summed E-state index contributed by atoms with van der Waals surface area (Å²) in [4.78, 5) is 0. The summed E-state index contributed by atoms with van der Waals surface area (Å²) in [5, 5.41) is 2.62. The Kier molecular flexibility index (Phi) is 1.87. The predicted molar refractivity (Wildman–Crippen MR) is 73.4 cm³/mol. The number of benzene rings is 2. The van der Waals surface area contributed by atoms with E-state index in [1.807, 2.05) is 0 Å². The summed E-state index contributed by atoms with van der Waals surface area (Å²) < 4.78 is 2.38. The Hall–Kier alpha value is -2.15. The first-order valence-corrected chi connectivity index (χ1v) is 6.38. The molecule has 0 fully saturated rings. The third-order valence-electron chi connectivity index (χ3n) is 3.95. The molecule has 0 radical (unpaired) electrons. The standard InChI is InChI=1S/C17H14N/c1-12-15-8-4-5-9-16(15)17-10-13-6-2-3-7-14(13)11-18(12)17/h2-12H,1H3/q+1. The van der Waals surface area contributed by atoms with Crippen LogP contribution in [0.4, 0.5) is 0 Å². The maximum Gasteiger partial charge on any atom is 0.214 e. The van der Waals surface area contributed by atoms with E-state index >= 15 is 0 Å². The Morgan fingerprint density at radius 3 is 2.50 bits per heavy atom. The highest BCUT2D eigenvalue weighted by atomic mass is 15.0. The van der Waals surface area contributed by atoms with Crippen molar-refractivity contribution in [1.82, 2.24) is 0 Å². The van der Waals surface area contributed by atoms with E-state index < -0.39 is 0 Å². The average Bonchev–Trinajstić information content (AvgIpc) is 2.71. The smallest absolute Gasteiger partial charge is 0.191 e. The van der Waals surface area contributed by atoms with Crippen LogP contribution in [-0.4, -0.2) is 0 Å². The molecule has 0 aliphatic carbocycles. The number of rotatable bonds is 0. The number of hydrogen-bond acceptors (Lipinski definition) is 0. The van der Waals surface area contributed by atoms with Crippen molar-refractivity contribution < 1.29 is 4.57 Å². The minimum absolute atomic E-state index is 0.431. The first-order valence-electron chi connectivity index (χ1n) is 6.38. The number of hydrogen-bond donors (Lipinski definition) is 0. The number of pyridine rings is 1. The van der Waals surface area contributed by atoms with Gasteiger partial charge in [-0.15, -0.1) is 0 Å². The topological polar surface area (TPSA) is 3.88 Å². The van der Waals surface area contributed by atoms with Crippen molar-refractivity contribution >= 4 is 10.8 Å². The molecule has 1 aliphatic rings. The summed E-state index contributed by atoms with van der Waals surface area (Å²) >= 11 is 0. The molecule has 0 bridgehead atoms. The van der Waals surface area contributed by atoms with E-state index in [1.165, 1.54) is 27.6 Å². The molecule has 18 heavy (non-hydrogen) atoms. The van der Waals surface area contributed by atoms with Crippen LogP contribution in [0.25, 0.3) is 22.0 Å². The molecule has 0 N–H and O–H groups in total. The van der Waals surface area contributed by atoms with E-state index in [2.05, 4.69) is 72.3 Å². The third kappa shape index (κ3) is 1.19. The fourth-order valence-electron chi connectivity index (χ4n) is 2.98. The van der Waals surface area contributed by atoms with E-state index in [1.54, 1.807) is 0 Å². The third-order valence-corrected chi connectivity index (χ3v) is 3.95. The number of aromatic nitrogens is 1. The number of nitrogens with zero attached hydrogens (tertiary/aromatic N) is 1. The summed E-state index contributed by atoms with van der Waals surface area (Å²) in [5.41, 5.74) is 4.13. The van der Waals surface area contributed by atoms with Crippen LogP contribution in [0.5, 0.6) is 0 Å². The fourth-order valence-corrected chi connectivity index (χ4v) is 2.98. The monoisotopic (exact) mass is 232 g/mol. The van der Waals surface area contributed by atoms with Gasteiger partial charge in [0.05, 0.1) is 5.56 Å². The molecule has 1 aliphatic heterocycles. The molecule has 1 atom stereocenters. The Bertz CT molecular complexity index is 758. The second-order valence-corrected chi connectivity index (χ2v) is 4.96. The maximum absolute atomic E-state index is 2.38.